The molecule has 2 aliphatic rings. The quantitative estimate of drug-likeness (QED) is 0.694. The lowest BCUT2D eigenvalue weighted by atomic mass is 10.0. The summed E-state index contributed by atoms with van der Waals surface area (Å²) in [6.07, 6.45) is 1.38. The van der Waals surface area contributed by atoms with E-state index in [4.69, 9.17) is 14.2 Å². The van der Waals surface area contributed by atoms with Gasteiger partial charge < -0.3 is 24.8 Å². The van der Waals surface area contributed by atoms with Gasteiger partial charge in [0.25, 0.3) is 0 Å². The van der Waals surface area contributed by atoms with E-state index < -0.39 is 30.1 Å². The molecule has 0 radical (unpaired) electrons. The number of nitrogens with one attached hydrogen (secondary N) is 2. The molecular formula is C15H22N2O6. The third kappa shape index (κ3) is 4.22. The number of ether oxygens (including phenoxy) is 3. The maximum Gasteiger partial charge on any atom is 0.338 e. The Labute approximate surface area is 134 Å². The molecule has 8 heteroatoms. The summed E-state index contributed by atoms with van der Waals surface area (Å²) in [5.74, 6) is -1.02. The average molecular weight is 326 g/mol. The molecular weight excluding hydrogens is 304 g/mol. The summed E-state index contributed by atoms with van der Waals surface area (Å²) in [5, 5.41) is 5.18. The minimum atomic E-state index is -0.568. The maximum atomic E-state index is 12.1. The van der Waals surface area contributed by atoms with Crippen molar-refractivity contribution in [3.63, 3.8) is 0 Å². The summed E-state index contributed by atoms with van der Waals surface area (Å²) >= 11 is 0. The minimum absolute atomic E-state index is 0.198. The highest BCUT2D eigenvalue weighted by Gasteiger charge is 2.33. The molecule has 1 saturated heterocycles. The Kier molecular flexibility index (Phi) is 5.97. The van der Waals surface area contributed by atoms with Crippen molar-refractivity contribution in [1.29, 1.82) is 0 Å². The summed E-state index contributed by atoms with van der Waals surface area (Å²) in [6, 6.07) is -0.910. The lowest BCUT2D eigenvalue weighted by Gasteiger charge is -2.28. The summed E-state index contributed by atoms with van der Waals surface area (Å²) < 4.78 is 15.5. The second-order valence-corrected chi connectivity index (χ2v) is 5.28. The van der Waals surface area contributed by atoms with Crippen molar-refractivity contribution in [1.82, 2.24) is 10.6 Å². The van der Waals surface area contributed by atoms with Crippen molar-refractivity contribution >= 4 is 18.0 Å². The Morgan fingerprint density at radius 2 is 2.09 bits per heavy atom. The number of hydrogen-bond donors (Lipinski definition) is 2. The van der Waals surface area contributed by atoms with Crippen molar-refractivity contribution in [3.05, 3.63) is 11.3 Å². The molecule has 1 fully saturated rings. The number of amides is 2. The Bertz CT molecular complexity index is 510. The summed E-state index contributed by atoms with van der Waals surface area (Å²) in [5.41, 5.74) is 0.541. The highest BCUT2D eigenvalue weighted by atomic mass is 16.6. The van der Waals surface area contributed by atoms with Crippen LogP contribution in [-0.4, -0.2) is 49.9 Å². The van der Waals surface area contributed by atoms with Crippen molar-refractivity contribution in [3.8, 4) is 0 Å². The van der Waals surface area contributed by atoms with Crippen LogP contribution in [0.15, 0.2) is 11.3 Å². The van der Waals surface area contributed by atoms with E-state index in [1.165, 1.54) is 0 Å². The largest absolute Gasteiger partial charge is 0.463 e. The van der Waals surface area contributed by atoms with Crippen LogP contribution >= 0.6 is 0 Å². The second-order valence-electron chi connectivity index (χ2n) is 5.28. The van der Waals surface area contributed by atoms with E-state index in [9.17, 15) is 14.4 Å². The molecule has 0 aromatic rings. The Morgan fingerprint density at radius 3 is 2.70 bits per heavy atom. The van der Waals surface area contributed by atoms with Gasteiger partial charge >= 0.3 is 18.0 Å². The predicted molar refractivity (Wildman–Crippen MR) is 79.3 cm³/mol. The van der Waals surface area contributed by atoms with Crippen molar-refractivity contribution in [2.75, 3.05) is 19.8 Å². The summed E-state index contributed by atoms with van der Waals surface area (Å²) in [7, 11) is 0. The van der Waals surface area contributed by atoms with Gasteiger partial charge in [0.15, 0.2) is 6.10 Å². The highest BCUT2D eigenvalue weighted by Crippen LogP contribution is 2.18. The molecule has 2 aliphatic heterocycles. The third-order valence-electron chi connectivity index (χ3n) is 3.70. The number of hydrogen-bond acceptors (Lipinski definition) is 6. The molecule has 2 atom stereocenters. The Hall–Kier alpha value is -2.09. The van der Waals surface area contributed by atoms with Crippen LogP contribution in [0, 0.1) is 0 Å². The van der Waals surface area contributed by atoms with E-state index in [-0.39, 0.29) is 24.5 Å². The number of carbonyl (C=O) groups excluding carboxylic acids is 3. The molecule has 8 nitrogen and oxygen atoms in total. The fraction of sp³-hybridized carbons (Fsp3) is 0.667. The second kappa shape index (κ2) is 7.96. The van der Waals surface area contributed by atoms with E-state index >= 15 is 0 Å². The monoisotopic (exact) mass is 326 g/mol. The first-order valence-electron chi connectivity index (χ1n) is 7.82. The van der Waals surface area contributed by atoms with Gasteiger partial charge in [-0.1, -0.05) is 6.92 Å². The van der Waals surface area contributed by atoms with Crippen LogP contribution in [0.1, 0.15) is 33.1 Å². The number of carbonyl (C=O) groups is 3. The van der Waals surface area contributed by atoms with Gasteiger partial charge in [-0.2, -0.15) is 0 Å². The molecule has 2 N–H and O–H groups in total. The molecule has 0 aliphatic carbocycles. The summed E-state index contributed by atoms with van der Waals surface area (Å²) in [6.45, 7) is 4.10. The predicted octanol–water partition coefficient (Wildman–Crippen LogP) is 0.617. The molecule has 0 spiro atoms. The fourth-order valence-corrected chi connectivity index (χ4v) is 2.58. The molecule has 0 unspecified atom stereocenters. The third-order valence-corrected chi connectivity index (χ3v) is 3.70. The van der Waals surface area contributed by atoms with Crippen LogP contribution < -0.4 is 10.6 Å². The zero-order valence-corrected chi connectivity index (χ0v) is 13.3. The number of esters is 2. The molecule has 23 heavy (non-hydrogen) atoms. The van der Waals surface area contributed by atoms with Crippen molar-refractivity contribution in [2.24, 2.45) is 0 Å². The average Bonchev–Trinajstić information content (AvgIpc) is 3.06. The summed E-state index contributed by atoms with van der Waals surface area (Å²) in [4.78, 5) is 35.8. The first-order chi connectivity index (χ1) is 11.1. The molecule has 0 aromatic carbocycles. The lowest BCUT2D eigenvalue weighted by molar-refractivity contribution is -0.153. The Morgan fingerprint density at radius 1 is 1.30 bits per heavy atom. The van der Waals surface area contributed by atoms with E-state index in [1.54, 1.807) is 6.92 Å². The van der Waals surface area contributed by atoms with Crippen LogP contribution in [0.5, 0.6) is 0 Å². The standard InChI is InChI=1S/C15H22N2O6/c1-3-9-12(14(19)21-4-2)10(17-15(20)16-9)8-23-13(18)11-6-5-7-22-11/h9,11H,3-8H2,1-2H3,(H2,16,17,20)/t9-,11-/m0/s1. The fourth-order valence-electron chi connectivity index (χ4n) is 2.58. The molecule has 2 rings (SSSR count). The van der Waals surface area contributed by atoms with Gasteiger partial charge in [-0.3, -0.25) is 0 Å². The first-order valence-corrected chi connectivity index (χ1v) is 7.82. The van der Waals surface area contributed by atoms with Gasteiger partial charge in [-0.05, 0) is 26.2 Å². The van der Waals surface area contributed by atoms with E-state index in [0.717, 1.165) is 6.42 Å². The van der Waals surface area contributed by atoms with Gasteiger partial charge in [0.2, 0.25) is 0 Å². The van der Waals surface area contributed by atoms with Gasteiger partial charge in [-0.15, -0.1) is 0 Å². The highest BCUT2D eigenvalue weighted by molar-refractivity contribution is 5.94. The van der Waals surface area contributed by atoms with E-state index in [1.807, 2.05) is 6.92 Å². The van der Waals surface area contributed by atoms with Gasteiger partial charge in [-0.25, -0.2) is 14.4 Å². The van der Waals surface area contributed by atoms with Gasteiger partial charge in [0, 0.05) is 6.61 Å². The smallest absolute Gasteiger partial charge is 0.338 e. The lowest BCUT2D eigenvalue weighted by Crippen LogP contribution is -2.51. The van der Waals surface area contributed by atoms with Gasteiger partial charge in [0.1, 0.15) is 6.61 Å². The minimum Gasteiger partial charge on any atom is -0.463 e. The zero-order valence-electron chi connectivity index (χ0n) is 13.3. The molecule has 0 saturated carbocycles. The van der Waals surface area contributed by atoms with Crippen molar-refractivity contribution in [2.45, 2.75) is 45.3 Å². The van der Waals surface area contributed by atoms with E-state index in [2.05, 4.69) is 10.6 Å². The van der Waals surface area contributed by atoms with Crippen LogP contribution in [0.25, 0.3) is 0 Å². The molecule has 0 aromatic heterocycles. The van der Waals surface area contributed by atoms with Crippen LogP contribution in [-0.2, 0) is 23.8 Å². The van der Waals surface area contributed by atoms with E-state index in [0.29, 0.717) is 19.4 Å². The van der Waals surface area contributed by atoms with Gasteiger partial charge in [0.05, 0.1) is 23.9 Å². The van der Waals surface area contributed by atoms with Crippen molar-refractivity contribution < 1.29 is 28.6 Å². The number of urea groups is 1. The van der Waals surface area contributed by atoms with Crippen LogP contribution in [0.4, 0.5) is 4.79 Å². The molecule has 128 valence electrons. The Balaban J connectivity index is 2.12. The topological polar surface area (TPSA) is 103 Å². The van der Waals surface area contributed by atoms with Crippen LogP contribution in [0.2, 0.25) is 0 Å². The number of rotatable bonds is 6. The molecule has 2 amide bonds. The maximum absolute atomic E-state index is 12.1. The molecule has 0 bridgehead atoms. The SMILES string of the molecule is CCOC(=O)C1=C(COC(=O)[C@@H]2CCCO2)NC(=O)N[C@H]1CC. The first kappa shape index (κ1) is 17.3. The van der Waals surface area contributed by atoms with Crippen LogP contribution in [0.3, 0.4) is 0 Å². The molecule has 2 heterocycles. The zero-order chi connectivity index (χ0) is 16.8. The normalized spacial score (nSPS) is 24.0.